The van der Waals surface area contributed by atoms with E-state index < -0.39 is 33.4 Å². The standard InChI is InChI=1S/C25H34N4O7S/c1-6-14-26-25(31)21(7-2)27(16-19-11-9-8-10-18(19)3)24(30)17-28(37(5,34)35)22-15-20(29(32)33)12-13-23(22)36-4/h8-13,15,21H,6-7,14,16-17H2,1-5H3,(H,26,31)/t21-/m0/s1. The van der Waals surface area contributed by atoms with Gasteiger partial charge in [-0.2, -0.15) is 0 Å². The lowest BCUT2D eigenvalue weighted by atomic mass is 10.1. The van der Waals surface area contributed by atoms with Crippen LogP contribution >= 0.6 is 0 Å². The van der Waals surface area contributed by atoms with Gasteiger partial charge in [0.05, 0.1) is 18.3 Å². The third-order valence-electron chi connectivity index (χ3n) is 5.86. The number of non-ortho nitro benzene ring substituents is 1. The normalized spacial score (nSPS) is 11.9. The van der Waals surface area contributed by atoms with E-state index in [0.717, 1.165) is 27.8 Å². The molecule has 0 bridgehead atoms. The highest BCUT2D eigenvalue weighted by atomic mass is 32.2. The molecule has 202 valence electrons. The topological polar surface area (TPSA) is 139 Å². The third kappa shape index (κ3) is 7.66. The average Bonchev–Trinajstić information content (AvgIpc) is 2.85. The molecule has 0 radical (unpaired) electrons. The van der Waals surface area contributed by atoms with Crippen molar-refractivity contribution in [3.63, 3.8) is 0 Å². The van der Waals surface area contributed by atoms with Crippen molar-refractivity contribution in [3.05, 3.63) is 63.7 Å². The van der Waals surface area contributed by atoms with Crippen molar-refractivity contribution < 1.29 is 27.7 Å². The van der Waals surface area contributed by atoms with Crippen LogP contribution in [0.4, 0.5) is 11.4 Å². The molecule has 2 aromatic rings. The minimum atomic E-state index is -4.09. The number of nitrogens with one attached hydrogen (secondary N) is 1. The van der Waals surface area contributed by atoms with Gasteiger partial charge in [-0.25, -0.2) is 8.42 Å². The van der Waals surface area contributed by atoms with Gasteiger partial charge < -0.3 is 15.0 Å². The Morgan fingerprint density at radius 1 is 1.16 bits per heavy atom. The first-order valence-corrected chi connectivity index (χ1v) is 13.7. The van der Waals surface area contributed by atoms with E-state index in [4.69, 9.17) is 4.74 Å². The Hall–Kier alpha value is -3.67. The van der Waals surface area contributed by atoms with Gasteiger partial charge in [0.1, 0.15) is 24.0 Å². The molecule has 0 aliphatic rings. The minimum Gasteiger partial charge on any atom is -0.495 e. The van der Waals surface area contributed by atoms with Crippen LogP contribution in [0.1, 0.15) is 37.8 Å². The van der Waals surface area contributed by atoms with Crippen molar-refractivity contribution in [2.75, 3.05) is 30.8 Å². The summed E-state index contributed by atoms with van der Waals surface area (Å²) in [4.78, 5) is 38.8. The van der Waals surface area contributed by atoms with Gasteiger partial charge in [0.2, 0.25) is 21.8 Å². The molecule has 11 nitrogen and oxygen atoms in total. The Balaban J connectivity index is 2.56. The molecule has 1 N–H and O–H groups in total. The smallest absolute Gasteiger partial charge is 0.271 e. The predicted octanol–water partition coefficient (Wildman–Crippen LogP) is 3.01. The van der Waals surface area contributed by atoms with Crippen molar-refractivity contribution in [1.29, 1.82) is 0 Å². The molecular formula is C25H34N4O7S. The van der Waals surface area contributed by atoms with Crippen molar-refractivity contribution in [2.24, 2.45) is 0 Å². The van der Waals surface area contributed by atoms with Crippen LogP contribution in [-0.4, -0.2) is 62.6 Å². The second-order valence-corrected chi connectivity index (χ2v) is 10.5. The van der Waals surface area contributed by atoms with Gasteiger partial charge in [0.15, 0.2) is 0 Å². The summed E-state index contributed by atoms with van der Waals surface area (Å²) in [5.74, 6) is -0.937. The van der Waals surface area contributed by atoms with Gasteiger partial charge in [-0.15, -0.1) is 0 Å². The number of sulfonamides is 1. The van der Waals surface area contributed by atoms with E-state index >= 15 is 0 Å². The molecule has 37 heavy (non-hydrogen) atoms. The number of ether oxygens (including phenoxy) is 1. The molecule has 0 unspecified atom stereocenters. The fourth-order valence-corrected chi connectivity index (χ4v) is 4.68. The average molecular weight is 535 g/mol. The molecule has 0 fully saturated rings. The number of nitro groups is 1. The fraction of sp³-hybridized carbons (Fsp3) is 0.440. The van der Waals surface area contributed by atoms with Crippen LogP contribution in [0.2, 0.25) is 0 Å². The van der Waals surface area contributed by atoms with Crippen LogP contribution in [0.3, 0.4) is 0 Å². The van der Waals surface area contributed by atoms with Crippen LogP contribution in [-0.2, 0) is 26.2 Å². The maximum atomic E-state index is 13.8. The van der Waals surface area contributed by atoms with Crippen LogP contribution < -0.4 is 14.4 Å². The molecule has 12 heteroatoms. The number of hydrogen-bond acceptors (Lipinski definition) is 7. The molecule has 0 aromatic heterocycles. The summed E-state index contributed by atoms with van der Waals surface area (Å²) in [6.07, 6.45) is 1.91. The molecule has 0 aliphatic heterocycles. The first-order valence-electron chi connectivity index (χ1n) is 11.9. The fourth-order valence-electron chi connectivity index (χ4n) is 3.84. The van der Waals surface area contributed by atoms with Crippen LogP contribution in [0.15, 0.2) is 42.5 Å². The number of amides is 2. The molecule has 0 aliphatic carbocycles. The Bertz CT molecular complexity index is 1230. The number of carbonyl (C=O) groups excluding carboxylic acids is 2. The number of anilines is 1. The van der Waals surface area contributed by atoms with Gasteiger partial charge in [-0.05, 0) is 37.0 Å². The highest BCUT2D eigenvalue weighted by Gasteiger charge is 2.33. The largest absolute Gasteiger partial charge is 0.495 e. The summed E-state index contributed by atoms with van der Waals surface area (Å²) in [5, 5.41) is 14.2. The second-order valence-electron chi connectivity index (χ2n) is 8.55. The van der Waals surface area contributed by atoms with Crippen LogP contribution in [0, 0.1) is 17.0 Å². The second kappa shape index (κ2) is 13.0. The maximum Gasteiger partial charge on any atom is 0.271 e. The van der Waals surface area contributed by atoms with E-state index in [9.17, 15) is 28.1 Å². The van der Waals surface area contributed by atoms with Crippen LogP contribution in [0.5, 0.6) is 5.75 Å². The zero-order valence-corrected chi connectivity index (χ0v) is 22.6. The Morgan fingerprint density at radius 3 is 2.38 bits per heavy atom. The summed E-state index contributed by atoms with van der Waals surface area (Å²) in [5.41, 5.74) is 1.20. The third-order valence-corrected chi connectivity index (χ3v) is 6.98. The minimum absolute atomic E-state index is 0.0435. The van der Waals surface area contributed by atoms with Gasteiger partial charge in [-0.3, -0.25) is 24.0 Å². The number of methoxy groups -OCH3 is 1. The van der Waals surface area contributed by atoms with Gasteiger partial charge in [0.25, 0.3) is 5.69 Å². The van der Waals surface area contributed by atoms with Gasteiger partial charge >= 0.3 is 0 Å². The molecule has 1 atom stereocenters. The van der Waals surface area contributed by atoms with E-state index in [1.807, 2.05) is 38.1 Å². The molecule has 0 spiro atoms. The van der Waals surface area contributed by atoms with Crippen molar-refractivity contribution in [3.8, 4) is 5.75 Å². The van der Waals surface area contributed by atoms with Crippen LogP contribution in [0.25, 0.3) is 0 Å². The van der Waals surface area contributed by atoms with E-state index in [-0.39, 0.29) is 29.6 Å². The zero-order chi connectivity index (χ0) is 27.8. The molecule has 2 rings (SSSR count). The van der Waals surface area contributed by atoms with E-state index in [0.29, 0.717) is 19.4 Å². The van der Waals surface area contributed by atoms with Crippen molar-refractivity contribution >= 4 is 33.2 Å². The quantitative estimate of drug-likeness (QED) is 0.308. The predicted molar refractivity (Wildman–Crippen MR) is 141 cm³/mol. The summed E-state index contributed by atoms with van der Waals surface area (Å²) >= 11 is 0. The van der Waals surface area contributed by atoms with Gasteiger partial charge in [0, 0.05) is 25.2 Å². The lowest BCUT2D eigenvalue weighted by Crippen LogP contribution is -2.52. The van der Waals surface area contributed by atoms with E-state index in [1.165, 1.54) is 24.1 Å². The Morgan fingerprint density at radius 2 is 1.84 bits per heavy atom. The zero-order valence-electron chi connectivity index (χ0n) is 21.8. The highest BCUT2D eigenvalue weighted by Crippen LogP contribution is 2.34. The summed E-state index contributed by atoms with van der Waals surface area (Å²) < 4.78 is 31.6. The number of carbonyl (C=O) groups is 2. The summed E-state index contributed by atoms with van der Waals surface area (Å²) in [6.45, 7) is 5.39. The number of hydrogen-bond donors (Lipinski definition) is 1. The lowest BCUT2D eigenvalue weighted by molar-refractivity contribution is -0.384. The summed E-state index contributed by atoms with van der Waals surface area (Å²) in [6, 6.07) is 10.0. The maximum absolute atomic E-state index is 13.8. The molecule has 2 aromatic carbocycles. The first-order chi connectivity index (χ1) is 17.4. The number of nitrogens with zero attached hydrogens (tertiary/aromatic N) is 3. The lowest BCUT2D eigenvalue weighted by Gasteiger charge is -2.33. The van der Waals surface area contributed by atoms with Crippen molar-refractivity contribution in [1.82, 2.24) is 10.2 Å². The first kappa shape index (κ1) is 29.6. The molecule has 0 heterocycles. The molecule has 2 amide bonds. The highest BCUT2D eigenvalue weighted by molar-refractivity contribution is 7.92. The Labute approximate surface area is 217 Å². The number of rotatable bonds is 13. The Kier molecular flexibility index (Phi) is 10.4. The number of benzene rings is 2. The summed E-state index contributed by atoms with van der Waals surface area (Å²) in [7, 11) is -2.79. The van der Waals surface area contributed by atoms with Gasteiger partial charge in [-0.1, -0.05) is 38.1 Å². The SMILES string of the molecule is CCCNC(=O)[C@H](CC)N(Cc1ccccc1C)C(=O)CN(c1cc([N+](=O)[O-])ccc1OC)S(C)(=O)=O. The molecular weight excluding hydrogens is 500 g/mol. The monoisotopic (exact) mass is 534 g/mol. The van der Waals surface area contributed by atoms with Crippen molar-refractivity contribution in [2.45, 2.75) is 46.2 Å². The van der Waals surface area contributed by atoms with E-state index in [1.54, 1.807) is 6.92 Å². The number of aryl methyl sites for hydroxylation is 1. The molecule has 0 saturated carbocycles. The molecule has 0 saturated heterocycles. The number of nitro benzene ring substituents is 1. The van der Waals surface area contributed by atoms with E-state index in [2.05, 4.69) is 5.32 Å².